The number of aliphatic hydroxyl groups is 2. The molecule has 3 N–H and O–H groups in total. The zero-order chi connectivity index (χ0) is 16.8. The summed E-state index contributed by atoms with van der Waals surface area (Å²) in [5.41, 5.74) is 1.41. The molecule has 0 saturated carbocycles. The average molecular weight is 342 g/mol. The van der Waals surface area contributed by atoms with Crippen LogP contribution in [0.15, 0.2) is 0 Å². The van der Waals surface area contributed by atoms with Gasteiger partial charge in [0.05, 0.1) is 25.9 Å². The lowest BCUT2D eigenvalue weighted by atomic mass is 9.95. The predicted octanol–water partition coefficient (Wildman–Crippen LogP) is 1.23. The molecule has 1 aliphatic carbocycles. The third-order valence-corrected chi connectivity index (χ3v) is 5.02. The molecule has 1 aromatic rings. The van der Waals surface area contributed by atoms with Gasteiger partial charge in [-0.05, 0) is 31.2 Å². The van der Waals surface area contributed by atoms with Gasteiger partial charge in [0.2, 0.25) is 0 Å². The summed E-state index contributed by atoms with van der Waals surface area (Å²) in [5.74, 6) is -0.449. The van der Waals surface area contributed by atoms with Crippen LogP contribution in [0.1, 0.15) is 33.6 Å². The molecular formula is C15H22N2O5S. The number of hydrogen-bond donors (Lipinski definition) is 3. The van der Waals surface area contributed by atoms with Crippen molar-refractivity contribution in [1.29, 1.82) is 0 Å². The summed E-state index contributed by atoms with van der Waals surface area (Å²) in [6.07, 6.45) is 3.80. The van der Waals surface area contributed by atoms with E-state index >= 15 is 0 Å². The fraction of sp³-hybridized carbons (Fsp3) is 0.600. The number of carbonyl (C=O) groups is 2. The molecule has 1 aliphatic rings. The van der Waals surface area contributed by atoms with E-state index in [2.05, 4.69) is 5.32 Å². The van der Waals surface area contributed by atoms with Crippen LogP contribution < -0.4 is 5.32 Å². The van der Waals surface area contributed by atoms with Crippen LogP contribution in [-0.2, 0) is 17.6 Å². The van der Waals surface area contributed by atoms with E-state index in [4.69, 9.17) is 14.9 Å². The van der Waals surface area contributed by atoms with Crippen molar-refractivity contribution >= 4 is 28.3 Å². The summed E-state index contributed by atoms with van der Waals surface area (Å²) in [4.78, 5) is 26.8. The normalized spacial score (nSPS) is 13.3. The molecule has 2 amide bonds. The number of ether oxygens (including phenoxy) is 1. The molecule has 0 bridgehead atoms. The van der Waals surface area contributed by atoms with Gasteiger partial charge in [0, 0.05) is 18.0 Å². The Labute approximate surface area is 138 Å². The summed E-state index contributed by atoms with van der Waals surface area (Å²) < 4.78 is 4.86. The van der Waals surface area contributed by atoms with E-state index in [1.54, 1.807) is 0 Å². The summed E-state index contributed by atoms with van der Waals surface area (Å²) in [6.45, 7) is -0.160. The number of amides is 2. The van der Waals surface area contributed by atoms with Crippen molar-refractivity contribution in [2.75, 3.05) is 38.7 Å². The minimum absolute atomic E-state index is 0.116. The molecule has 0 radical (unpaired) electrons. The summed E-state index contributed by atoms with van der Waals surface area (Å²) in [6, 6.07) is -0.447. The van der Waals surface area contributed by atoms with Crippen LogP contribution >= 0.6 is 11.3 Å². The molecule has 23 heavy (non-hydrogen) atoms. The van der Waals surface area contributed by atoms with Crippen LogP contribution in [0.2, 0.25) is 0 Å². The zero-order valence-electron chi connectivity index (χ0n) is 13.1. The number of rotatable bonds is 6. The van der Waals surface area contributed by atoms with Crippen molar-refractivity contribution in [3.8, 4) is 0 Å². The maximum absolute atomic E-state index is 12.3. The Hall–Kier alpha value is -1.64. The lowest BCUT2D eigenvalue weighted by Crippen LogP contribution is -2.39. The fourth-order valence-electron chi connectivity index (χ4n) is 2.70. The van der Waals surface area contributed by atoms with Crippen molar-refractivity contribution in [3.05, 3.63) is 16.0 Å². The highest BCUT2D eigenvalue weighted by Gasteiger charge is 2.27. The van der Waals surface area contributed by atoms with E-state index in [1.807, 2.05) is 0 Å². The molecule has 1 aromatic heterocycles. The molecule has 0 aliphatic heterocycles. The number of hydrogen-bond acceptors (Lipinski definition) is 6. The van der Waals surface area contributed by atoms with E-state index in [0.29, 0.717) is 10.6 Å². The van der Waals surface area contributed by atoms with E-state index in [9.17, 15) is 9.59 Å². The van der Waals surface area contributed by atoms with Crippen molar-refractivity contribution in [3.63, 3.8) is 0 Å². The number of carbonyl (C=O) groups excluding carboxylic acids is 2. The van der Waals surface area contributed by atoms with E-state index in [1.165, 1.54) is 23.3 Å². The number of fused-ring (bicyclic) bond motifs is 1. The predicted molar refractivity (Wildman–Crippen MR) is 87.1 cm³/mol. The van der Waals surface area contributed by atoms with Gasteiger partial charge >= 0.3 is 12.0 Å². The van der Waals surface area contributed by atoms with Gasteiger partial charge in [-0.3, -0.25) is 5.32 Å². The number of nitrogens with zero attached hydrogens (tertiary/aromatic N) is 1. The minimum Gasteiger partial charge on any atom is -0.465 e. The van der Waals surface area contributed by atoms with Crippen LogP contribution in [0.3, 0.4) is 0 Å². The van der Waals surface area contributed by atoms with Gasteiger partial charge in [-0.15, -0.1) is 11.3 Å². The zero-order valence-corrected chi connectivity index (χ0v) is 13.9. The summed E-state index contributed by atoms with van der Waals surface area (Å²) in [7, 11) is 1.32. The van der Waals surface area contributed by atoms with Gasteiger partial charge in [-0.2, -0.15) is 0 Å². The quantitative estimate of drug-likeness (QED) is 0.676. The Morgan fingerprint density at radius 1 is 1.22 bits per heavy atom. The summed E-state index contributed by atoms with van der Waals surface area (Å²) in [5, 5.41) is 21.3. The van der Waals surface area contributed by atoms with E-state index in [0.717, 1.165) is 36.1 Å². The Balaban J connectivity index is 2.26. The first-order chi connectivity index (χ1) is 11.1. The van der Waals surface area contributed by atoms with Gasteiger partial charge < -0.3 is 19.8 Å². The van der Waals surface area contributed by atoms with Crippen LogP contribution in [0.4, 0.5) is 9.80 Å². The second kappa shape index (κ2) is 8.28. The number of esters is 1. The smallest absolute Gasteiger partial charge is 0.341 e. The number of urea groups is 1. The molecule has 7 nitrogen and oxygen atoms in total. The van der Waals surface area contributed by atoms with Gasteiger partial charge in [0.1, 0.15) is 5.00 Å². The second-order valence-corrected chi connectivity index (χ2v) is 6.38. The third-order valence-electron chi connectivity index (χ3n) is 3.81. The third kappa shape index (κ3) is 4.01. The Kier molecular flexibility index (Phi) is 6.37. The molecule has 0 aromatic carbocycles. The van der Waals surface area contributed by atoms with Gasteiger partial charge in [0.15, 0.2) is 0 Å². The van der Waals surface area contributed by atoms with Gasteiger partial charge in [0.25, 0.3) is 0 Å². The fourth-order valence-corrected chi connectivity index (χ4v) is 3.97. The van der Waals surface area contributed by atoms with Crippen LogP contribution in [0.25, 0.3) is 0 Å². The monoisotopic (exact) mass is 342 g/mol. The highest BCUT2D eigenvalue weighted by atomic mass is 32.1. The lowest BCUT2D eigenvalue weighted by Gasteiger charge is -2.21. The average Bonchev–Trinajstić information content (AvgIpc) is 2.91. The maximum atomic E-state index is 12.3. The molecule has 0 unspecified atom stereocenters. The van der Waals surface area contributed by atoms with Crippen LogP contribution in [0.5, 0.6) is 0 Å². The van der Waals surface area contributed by atoms with Crippen LogP contribution in [-0.4, -0.2) is 60.5 Å². The SMILES string of the molecule is COC(=O)c1c(NC(=O)N(CCO)CCO)sc2c1CCCC2. The number of aliphatic hydroxyl groups excluding tert-OH is 2. The topological polar surface area (TPSA) is 99.1 Å². The maximum Gasteiger partial charge on any atom is 0.341 e. The number of thiophene rings is 1. The van der Waals surface area contributed by atoms with Crippen molar-refractivity contribution in [2.24, 2.45) is 0 Å². The standard InChI is InChI=1S/C15H22N2O5S/c1-22-14(20)12-10-4-2-3-5-11(10)23-13(12)16-15(21)17(6-8-18)7-9-19/h18-19H,2-9H2,1H3,(H,16,21). The van der Waals surface area contributed by atoms with Crippen LogP contribution in [0, 0.1) is 0 Å². The lowest BCUT2D eigenvalue weighted by molar-refractivity contribution is 0.0601. The molecule has 0 atom stereocenters. The van der Waals surface area contributed by atoms with Crippen molar-refractivity contribution in [2.45, 2.75) is 25.7 Å². The Morgan fingerprint density at radius 2 is 1.87 bits per heavy atom. The minimum atomic E-state index is -0.449. The highest BCUT2D eigenvalue weighted by Crippen LogP contribution is 2.38. The Bertz CT molecular complexity index is 566. The Morgan fingerprint density at radius 3 is 2.48 bits per heavy atom. The van der Waals surface area contributed by atoms with E-state index in [-0.39, 0.29) is 26.3 Å². The molecule has 0 fully saturated rings. The van der Waals surface area contributed by atoms with Gasteiger partial charge in [-0.25, -0.2) is 9.59 Å². The molecule has 1 heterocycles. The number of methoxy groups -OCH3 is 1. The first-order valence-electron chi connectivity index (χ1n) is 7.62. The molecule has 8 heteroatoms. The van der Waals surface area contributed by atoms with Crippen molar-refractivity contribution < 1.29 is 24.5 Å². The molecular weight excluding hydrogens is 320 g/mol. The molecule has 0 saturated heterocycles. The molecule has 0 spiro atoms. The first kappa shape index (κ1) is 17.7. The second-order valence-electron chi connectivity index (χ2n) is 5.27. The van der Waals surface area contributed by atoms with Gasteiger partial charge in [-0.1, -0.05) is 0 Å². The number of anilines is 1. The highest BCUT2D eigenvalue weighted by molar-refractivity contribution is 7.17. The largest absolute Gasteiger partial charge is 0.465 e. The number of nitrogens with one attached hydrogen (secondary N) is 1. The summed E-state index contributed by atoms with van der Waals surface area (Å²) >= 11 is 1.40. The number of aryl methyl sites for hydroxylation is 1. The van der Waals surface area contributed by atoms with Crippen molar-refractivity contribution in [1.82, 2.24) is 4.90 Å². The first-order valence-corrected chi connectivity index (χ1v) is 8.44. The molecule has 128 valence electrons. The molecule has 2 rings (SSSR count). The van der Waals surface area contributed by atoms with E-state index < -0.39 is 12.0 Å².